The molecule has 0 spiro atoms. The minimum Gasteiger partial charge on any atom is -0.324 e. The fourth-order valence-corrected chi connectivity index (χ4v) is 2.10. The van der Waals surface area contributed by atoms with Crippen LogP contribution in [0.25, 0.3) is 10.9 Å². The largest absolute Gasteiger partial charge is 0.324 e. The maximum Gasteiger partial charge on any atom is 0.231 e. The first-order valence-corrected chi connectivity index (χ1v) is 6.73. The van der Waals surface area contributed by atoms with Crippen molar-refractivity contribution < 1.29 is 0 Å². The highest BCUT2D eigenvalue weighted by molar-refractivity contribution is 6.28. The molecule has 1 aromatic carbocycles. The number of rotatable bonds is 4. The average Bonchev–Trinajstić information content (AvgIpc) is 2.85. The number of H-pyrrole nitrogens is 1. The first-order valence-electron chi connectivity index (χ1n) is 6.35. The predicted octanol–water partition coefficient (Wildman–Crippen LogP) is 3.10. The number of benzene rings is 1. The van der Waals surface area contributed by atoms with E-state index in [9.17, 15) is 0 Å². The highest BCUT2D eigenvalue weighted by atomic mass is 35.5. The molecule has 0 atom stereocenters. The standard InChI is InChI=1S/C13H13ClN6/c1-2-3-11-17-12(14)19-13(18-11)16-9-5-4-8-7-15-20-10(8)6-9/h4-7H,2-3H2,1H3,(H,15,20)(H,16,17,18,19). The Morgan fingerprint density at radius 2 is 2.15 bits per heavy atom. The molecule has 0 saturated heterocycles. The minimum atomic E-state index is 0.202. The normalized spacial score (nSPS) is 10.9. The van der Waals surface area contributed by atoms with Gasteiger partial charge in [0.1, 0.15) is 5.82 Å². The lowest BCUT2D eigenvalue weighted by Crippen LogP contribution is -2.03. The van der Waals surface area contributed by atoms with Crippen LogP contribution in [0.4, 0.5) is 11.6 Å². The lowest BCUT2D eigenvalue weighted by atomic mass is 10.2. The van der Waals surface area contributed by atoms with Gasteiger partial charge < -0.3 is 5.32 Å². The van der Waals surface area contributed by atoms with Crippen LogP contribution >= 0.6 is 11.6 Å². The van der Waals surface area contributed by atoms with Gasteiger partial charge in [0.25, 0.3) is 0 Å². The van der Waals surface area contributed by atoms with Crippen molar-refractivity contribution in [3.05, 3.63) is 35.5 Å². The van der Waals surface area contributed by atoms with Gasteiger partial charge in [-0.1, -0.05) is 6.92 Å². The van der Waals surface area contributed by atoms with Crippen molar-refractivity contribution in [2.24, 2.45) is 0 Å². The SMILES string of the molecule is CCCc1nc(Cl)nc(Nc2ccc3cn[nH]c3c2)n1. The summed E-state index contributed by atoms with van der Waals surface area (Å²) in [5.74, 6) is 1.14. The second kappa shape index (κ2) is 5.42. The third-order valence-corrected chi connectivity index (χ3v) is 3.00. The molecule has 0 amide bonds. The molecule has 0 aliphatic rings. The van der Waals surface area contributed by atoms with Gasteiger partial charge in [-0.05, 0) is 36.2 Å². The van der Waals surface area contributed by atoms with E-state index in [1.807, 2.05) is 18.2 Å². The van der Waals surface area contributed by atoms with Crippen molar-refractivity contribution in [1.29, 1.82) is 0 Å². The van der Waals surface area contributed by atoms with Gasteiger partial charge in [-0.25, -0.2) is 4.98 Å². The van der Waals surface area contributed by atoms with Crippen LogP contribution in [0, 0.1) is 0 Å². The topological polar surface area (TPSA) is 79.4 Å². The molecule has 102 valence electrons. The molecular formula is C13H13ClN6. The number of aromatic amines is 1. The van der Waals surface area contributed by atoms with E-state index in [1.165, 1.54) is 0 Å². The lowest BCUT2D eigenvalue weighted by molar-refractivity contribution is 0.820. The molecule has 3 rings (SSSR count). The number of anilines is 2. The average molecular weight is 289 g/mol. The van der Waals surface area contributed by atoms with E-state index in [2.05, 4.69) is 37.4 Å². The highest BCUT2D eigenvalue weighted by Crippen LogP contribution is 2.19. The van der Waals surface area contributed by atoms with Gasteiger partial charge >= 0.3 is 0 Å². The van der Waals surface area contributed by atoms with Crippen LogP contribution < -0.4 is 5.32 Å². The maximum atomic E-state index is 5.91. The van der Waals surface area contributed by atoms with Crippen molar-refractivity contribution in [2.75, 3.05) is 5.32 Å². The van der Waals surface area contributed by atoms with E-state index < -0.39 is 0 Å². The predicted molar refractivity (Wildman–Crippen MR) is 78.2 cm³/mol. The molecule has 2 aromatic heterocycles. The third kappa shape index (κ3) is 2.70. The number of nitrogens with zero attached hydrogens (tertiary/aromatic N) is 4. The van der Waals surface area contributed by atoms with Crippen LogP contribution in [0.15, 0.2) is 24.4 Å². The van der Waals surface area contributed by atoms with Crippen LogP contribution in [0.2, 0.25) is 5.28 Å². The second-order valence-electron chi connectivity index (χ2n) is 4.39. The Morgan fingerprint density at radius 1 is 1.25 bits per heavy atom. The lowest BCUT2D eigenvalue weighted by Gasteiger charge is -2.06. The van der Waals surface area contributed by atoms with Gasteiger partial charge in [-0.3, -0.25) is 5.10 Å². The molecule has 0 radical (unpaired) electrons. The smallest absolute Gasteiger partial charge is 0.231 e. The van der Waals surface area contributed by atoms with Gasteiger partial charge in [-0.15, -0.1) is 0 Å². The van der Waals surface area contributed by atoms with E-state index in [1.54, 1.807) is 6.20 Å². The Labute approximate surface area is 120 Å². The van der Waals surface area contributed by atoms with Crippen molar-refractivity contribution in [1.82, 2.24) is 25.1 Å². The molecule has 2 N–H and O–H groups in total. The van der Waals surface area contributed by atoms with E-state index in [0.29, 0.717) is 11.8 Å². The van der Waals surface area contributed by atoms with E-state index in [4.69, 9.17) is 11.6 Å². The summed E-state index contributed by atoms with van der Waals surface area (Å²) in [7, 11) is 0. The van der Waals surface area contributed by atoms with Crippen molar-refractivity contribution in [3.8, 4) is 0 Å². The molecule has 0 saturated carbocycles. The summed E-state index contributed by atoms with van der Waals surface area (Å²) in [5.41, 5.74) is 1.82. The first-order chi connectivity index (χ1) is 9.74. The number of hydrogen-bond acceptors (Lipinski definition) is 5. The molecular weight excluding hydrogens is 276 g/mol. The van der Waals surface area contributed by atoms with Gasteiger partial charge in [0.15, 0.2) is 0 Å². The minimum absolute atomic E-state index is 0.202. The molecule has 20 heavy (non-hydrogen) atoms. The Hall–Kier alpha value is -2.21. The summed E-state index contributed by atoms with van der Waals surface area (Å²) in [6.07, 6.45) is 3.51. The summed E-state index contributed by atoms with van der Waals surface area (Å²) in [5, 5.41) is 11.3. The number of hydrogen-bond donors (Lipinski definition) is 2. The molecule has 6 nitrogen and oxygen atoms in total. The third-order valence-electron chi connectivity index (χ3n) is 2.83. The number of aryl methyl sites for hydroxylation is 1. The van der Waals surface area contributed by atoms with Crippen LogP contribution in [0.3, 0.4) is 0 Å². The van der Waals surface area contributed by atoms with E-state index in [0.717, 1.165) is 29.4 Å². The Bertz CT molecular complexity index is 739. The van der Waals surface area contributed by atoms with Crippen molar-refractivity contribution in [3.63, 3.8) is 0 Å². The van der Waals surface area contributed by atoms with Gasteiger partial charge in [0.05, 0.1) is 11.7 Å². The van der Waals surface area contributed by atoms with Gasteiger partial charge in [0, 0.05) is 17.5 Å². The molecule has 7 heteroatoms. The van der Waals surface area contributed by atoms with Crippen LogP contribution in [0.5, 0.6) is 0 Å². The first kappa shape index (κ1) is 12.8. The van der Waals surface area contributed by atoms with Gasteiger partial charge in [0.2, 0.25) is 11.2 Å². The van der Waals surface area contributed by atoms with Crippen LogP contribution in [-0.2, 0) is 6.42 Å². The Kier molecular flexibility index (Phi) is 3.47. The molecule has 0 aliphatic carbocycles. The number of halogens is 1. The fraction of sp³-hybridized carbons (Fsp3) is 0.231. The number of fused-ring (bicyclic) bond motifs is 1. The van der Waals surface area contributed by atoms with Crippen LogP contribution in [-0.4, -0.2) is 25.1 Å². The second-order valence-corrected chi connectivity index (χ2v) is 4.73. The zero-order valence-electron chi connectivity index (χ0n) is 10.9. The molecule has 0 unspecified atom stereocenters. The summed E-state index contributed by atoms with van der Waals surface area (Å²) in [6, 6.07) is 5.85. The highest BCUT2D eigenvalue weighted by Gasteiger charge is 2.05. The summed E-state index contributed by atoms with van der Waals surface area (Å²) >= 11 is 5.91. The summed E-state index contributed by atoms with van der Waals surface area (Å²) in [4.78, 5) is 12.5. The van der Waals surface area contributed by atoms with Gasteiger partial charge in [-0.2, -0.15) is 15.1 Å². The molecule has 0 fully saturated rings. The molecule has 0 bridgehead atoms. The molecule has 0 aliphatic heterocycles. The number of nitrogens with one attached hydrogen (secondary N) is 2. The van der Waals surface area contributed by atoms with Crippen LogP contribution in [0.1, 0.15) is 19.2 Å². The fourth-order valence-electron chi connectivity index (χ4n) is 1.93. The summed E-state index contributed by atoms with van der Waals surface area (Å²) in [6.45, 7) is 2.07. The van der Waals surface area contributed by atoms with E-state index in [-0.39, 0.29) is 5.28 Å². The summed E-state index contributed by atoms with van der Waals surface area (Å²) < 4.78 is 0. The quantitative estimate of drug-likeness (QED) is 0.771. The number of aromatic nitrogens is 5. The Balaban J connectivity index is 1.89. The Morgan fingerprint density at radius 3 is 3.00 bits per heavy atom. The monoisotopic (exact) mass is 288 g/mol. The molecule has 3 aromatic rings. The zero-order valence-corrected chi connectivity index (χ0v) is 11.6. The van der Waals surface area contributed by atoms with Crippen molar-refractivity contribution >= 4 is 34.1 Å². The molecule has 2 heterocycles. The van der Waals surface area contributed by atoms with Crippen molar-refractivity contribution in [2.45, 2.75) is 19.8 Å². The zero-order chi connectivity index (χ0) is 13.9. The maximum absolute atomic E-state index is 5.91. The van der Waals surface area contributed by atoms with E-state index >= 15 is 0 Å².